The Hall–Kier alpha value is -2.82. The summed E-state index contributed by atoms with van der Waals surface area (Å²) in [7, 11) is -3.12. The molecule has 0 saturated carbocycles. The first-order valence-corrected chi connectivity index (χ1v) is 10.1. The number of nitrogens with zero attached hydrogens (tertiary/aromatic N) is 2. The number of aromatic nitrogens is 1. The summed E-state index contributed by atoms with van der Waals surface area (Å²) in [5, 5.41) is 5.68. The molecule has 1 aromatic heterocycles. The molecule has 0 amide bonds. The fourth-order valence-electron chi connectivity index (χ4n) is 2.78. The number of hydrogen-bond donors (Lipinski definition) is 2. The third-order valence-corrected chi connectivity index (χ3v) is 5.89. The molecule has 0 spiro atoms. The summed E-state index contributed by atoms with van der Waals surface area (Å²) in [5.74, 6) is 0.0780. The molecule has 0 bridgehead atoms. The monoisotopic (exact) mass is 415 g/mol. The minimum absolute atomic E-state index is 0.147. The lowest BCUT2D eigenvalue weighted by atomic mass is 10.0. The summed E-state index contributed by atoms with van der Waals surface area (Å²) >= 11 is 0. The summed E-state index contributed by atoms with van der Waals surface area (Å²) in [4.78, 5) is 5.97. The van der Waals surface area contributed by atoms with Crippen molar-refractivity contribution in [3.05, 3.63) is 47.7 Å². The highest BCUT2D eigenvalue weighted by molar-refractivity contribution is 7.91. The number of sulfone groups is 1. The van der Waals surface area contributed by atoms with Crippen molar-refractivity contribution in [2.45, 2.75) is 11.6 Å². The molecule has 0 atom stereocenters. The van der Waals surface area contributed by atoms with Gasteiger partial charge in [-0.1, -0.05) is 0 Å². The normalized spacial score (nSPS) is 15.2. The maximum Gasteiger partial charge on any atom is 0.573 e. The molecule has 1 aromatic carbocycles. The zero-order chi connectivity index (χ0) is 20.7. The number of benzene rings is 1. The quantitative estimate of drug-likeness (QED) is 0.540. The molecule has 7 nitrogen and oxygen atoms in total. The third kappa shape index (κ3) is 4.35. The number of rotatable bonds is 5. The average Bonchev–Trinajstić information content (AvgIpc) is 2.52. The first-order valence-electron chi connectivity index (χ1n) is 8.12. The number of ether oxygens (including phenoxy) is 1. The molecule has 4 N–H and O–H groups in total. The lowest BCUT2D eigenvalue weighted by Crippen LogP contribution is -2.55. The summed E-state index contributed by atoms with van der Waals surface area (Å²) in [6, 6.07) is 6.70. The van der Waals surface area contributed by atoms with Crippen molar-refractivity contribution in [2.24, 2.45) is 0 Å². The van der Waals surface area contributed by atoms with Crippen molar-refractivity contribution >= 4 is 27.1 Å². The zero-order valence-electron chi connectivity index (χ0n) is 14.8. The molecular weight excluding hydrogens is 397 g/mol. The van der Waals surface area contributed by atoms with Crippen LogP contribution in [0.15, 0.2) is 36.5 Å². The van der Waals surface area contributed by atoms with Crippen LogP contribution in [0.2, 0.25) is 0 Å². The van der Waals surface area contributed by atoms with E-state index in [0.717, 1.165) is 12.1 Å². The maximum absolute atomic E-state index is 12.5. The van der Waals surface area contributed by atoms with Gasteiger partial charge in [-0.3, -0.25) is 5.41 Å². The van der Waals surface area contributed by atoms with Crippen LogP contribution in [0, 0.1) is 0 Å². The van der Waals surface area contributed by atoms with Crippen LogP contribution in [0.3, 0.4) is 0 Å². The Morgan fingerprint density at radius 1 is 1.29 bits per heavy atom. The van der Waals surface area contributed by atoms with Gasteiger partial charge in [0.15, 0.2) is 9.84 Å². The Bertz CT molecular complexity index is 1020. The fourth-order valence-corrected chi connectivity index (χ4v) is 3.68. The van der Waals surface area contributed by atoms with E-state index in [1.165, 1.54) is 18.5 Å². The van der Waals surface area contributed by atoms with Crippen molar-refractivity contribution in [2.75, 3.05) is 30.0 Å². The molecule has 0 unspecified atom stereocenters. The van der Waals surface area contributed by atoms with Crippen LogP contribution in [0.4, 0.5) is 24.7 Å². The van der Waals surface area contributed by atoms with E-state index in [-0.39, 0.29) is 17.0 Å². The van der Waals surface area contributed by atoms with Gasteiger partial charge in [0.2, 0.25) is 5.71 Å². The topological polar surface area (TPSA) is 111 Å². The molecule has 150 valence electrons. The highest BCUT2D eigenvalue weighted by atomic mass is 32.2. The van der Waals surface area contributed by atoms with E-state index in [0.29, 0.717) is 24.5 Å². The largest absolute Gasteiger partial charge is 0.573 e. The minimum atomic E-state index is -4.83. The predicted octanol–water partition coefficient (Wildman–Crippen LogP) is 0.392. The Kier molecular flexibility index (Phi) is 4.96. The molecule has 3 rings (SSSR count). The van der Waals surface area contributed by atoms with E-state index in [4.69, 9.17) is 11.1 Å². The average molecular weight is 415 g/mol. The summed E-state index contributed by atoms with van der Waals surface area (Å²) in [5.41, 5.74) is 6.88. The van der Waals surface area contributed by atoms with Gasteiger partial charge in [-0.15, -0.1) is 13.2 Å². The van der Waals surface area contributed by atoms with E-state index in [1.807, 2.05) is 0 Å². The highest BCUT2D eigenvalue weighted by Crippen LogP contribution is 2.28. The van der Waals surface area contributed by atoms with Crippen LogP contribution in [0.1, 0.15) is 11.1 Å². The molecule has 0 radical (unpaired) electrons. The standard InChI is InChI=1S/C17H17F3N4O3S/c1-28(25,26)12-8-24(9-12)15-6-10(4-5-23-15)16(22)13-7-11(2-3-14(13)21)27-17(18,19)20/h2-7,12,22H,8-9,21H2,1H3/p+1. The zero-order valence-corrected chi connectivity index (χ0v) is 15.6. The highest BCUT2D eigenvalue weighted by Gasteiger charge is 2.35. The van der Waals surface area contributed by atoms with Gasteiger partial charge in [-0.25, -0.2) is 13.4 Å². The fraction of sp³-hybridized carbons (Fsp3) is 0.294. The van der Waals surface area contributed by atoms with Crippen LogP contribution >= 0.6 is 0 Å². The number of nitrogens with two attached hydrogens (primary N) is 2. The molecule has 1 fully saturated rings. The summed E-state index contributed by atoms with van der Waals surface area (Å²) < 4.78 is 64.4. The second-order valence-corrected chi connectivity index (χ2v) is 8.80. The number of anilines is 2. The van der Waals surface area contributed by atoms with Gasteiger partial charge >= 0.3 is 6.36 Å². The predicted molar refractivity (Wildman–Crippen MR) is 97.8 cm³/mol. The second kappa shape index (κ2) is 6.97. The van der Waals surface area contributed by atoms with E-state index in [9.17, 15) is 21.6 Å². The summed E-state index contributed by atoms with van der Waals surface area (Å²) in [6.07, 6.45) is -2.17. The van der Waals surface area contributed by atoms with Crippen molar-refractivity contribution < 1.29 is 31.7 Å². The van der Waals surface area contributed by atoms with Crippen LogP contribution < -0.4 is 20.8 Å². The van der Waals surface area contributed by atoms with E-state index >= 15 is 0 Å². The van der Waals surface area contributed by atoms with Crippen molar-refractivity contribution in [1.29, 1.82) is 0 Å². The Balaban J connectivity index is 1.83. The van der Waals surface area contributed by atoms with Crippen molar-refractivity contribution in [1.82, 2.24) is 4.98 Å². The number of pyridine rings is 1. The van der Waals surface area contributed by atoms with E-state index in [2.05, 4.69) is 9.72 Å². The number of halogens is 3. The molecule has 11 heteroatoms. The lowest BCUT2D eigenvalue weighted by molar-refractivity contribution is -0.274. The van der Waals surface area contributed by atoms with Gasteiger partial charge in [-0.05, 0) is 30.3 Å². The maximum atomic E-state index is 12.5. The van der Waals surface area contributed by atoms with Gasteiger partial charge in [0, 0.05) is 31.2 Å². The summed E-state index contributed by atoms with van der Waals surface area (Å²) in [6.45, 7) is 0.623. The molecule has 28 heavy (non-hydrogen) atoms. The van der Waals surface area contributed by atoms with Crippen molar-refractivity contribution in [3.8, 4) is 5.75 Å². The van der Waals surface area contributed by atoms with Gasteiger partial charge in [0.1, 0.15) is 11.6 Å². The molecule has 1 saturated heterocycles. The van der Waals surface area contributed by atoms with Crippen LogP contribution in [0.5, 0.6) is 5.75 Å². The number of nitrogen functional groups attached to an aromatic ring is 1. The molecule has 1 aliphatic heterocycles. The number of hydrogen-bond acceptors (Lipinski definition) is 6. The molecule has 0 aliphatic carbocycles. The van der Waals surface area contributed by atoms with E-state index < -0.39 is 27.2 Å². The number of alkyl halides is 3. The SMILES string of the molecule is CS(=O)(=O)C1CN(c2cc(C(=[NH2+])c3cc(OC(F)(F)F)ccc3N)ccn2)C1. The van der Waals surface area contributed by atoms with Gasteiger partial charge in [0.05, 0.1) is 16.4 Å². The van der Waals surface area contributed by atoms with Crippen LogP contribution in [-0.4, -0.2) is 50.1 Å². The van der Waals surface area contributed by atoms with Crippen LogP contribution in [-0.2, 0) is 9.84 Å². The minimum Gasteiger partial charge on any atom is -0.406 e. The Labute approximate surface area is 159 Å². The van der Waals surface area contributed by atoms with Crippen LogP contribution in [0.25, 0.3) is 0 Å². The first kappa shape index (κ1) is 19.9. The molecule has 1 aliphatic rings. The molecule has 2 heterocycles. The van der Waals surface area contributed by atoms with E-state index in [1.54, 1.807) is 17.0 Å². The molecule has 2 aromatic rings. The Morgan fingerprint density at radius 3 is 2.57 bits per heavy atom. The lowest BCUT2D eigenvalue weighted by Gasteiger charge is -2.38. The van der Waals surface area contributed by atoms with Gasteiger partial charge in [0.25, 0.3) is 0 Å². The van der Waals surface area contributed by atoms with Gasteiger partial charge in [-0.2, -0.15) is 0 Å². The second-order valence-electron chi connectivity index (χ2n) is 6.47. The molecular formula is C17H18F3N4O3S+. The van der Waals surface area contributed by atoms with Crippen molar-refractivity contribution in [3.63, 3.8) is 0 Å². The third-order valence-electron chi connectivity index (χ3n) is 4.38. The smallest absolute Gasteiger partial charge is 0.406 e. The van der Waals surface area contributed by atoms with Gasteiger partial charge < -0.3 is 15.4 Å². The first-order chi connectivity index (χ1) is 12.9. The Morgan fingerprint density at radius 2 is 1.96 bits per heavy atom.